The first-order valence-corrected chi connectivity index (χ1v) is 7.59. The highest BCUT2D eigenvalue weighted by molar-refractivity contribution is 5.85. The maximum atomic E-state index is 12.2. The van der Waals surface area contributed by atoms with Gasteiger partial charge in [-0.15, -0.1) is 0 Å². The summed E-state index contributed by atoms with van der Waals surface area (Å²) >= 11 is 0. The summed E-state index contributed by atoms with van der Waals surface area (Å²) in [5.41, 5.74) is 0. The average Bonchev–Trinajstić information content (AvgIpc) is 2.50. The van der Waals surface area contributed by atoms with Gasteiger partial charge in [0.15, 0.2) is 0 Å². The van der Waals surface area contributed by atoms with Gasteiger partial charge in [0, 0.05) is 39.1 Å². The van der Waals surface area contributed by atoms with Crippen LogP contribution in [0.3, 0.4) is 0 Å². The highest BCUT2D eigenvalue weighted by Crippen LogP contribution is 2.11. The number of carbonyl (C=O) groups is 3. The molecule has 0 unspecified atom stereocenters. The van der Waals surface area contributed by atoms with E-state index in [2.05, 4.69) is 0 Å². The van der Waals surface area contributed by atoms with Crippen LogP contribution in [0.1, 0.15) is 26.2 Å². The summed E-state index contributed by atoms with van der Waals surface area (Å²) in [7, 11) is 0. The maximum Gasteiger partial charge on any atom is 0.409 e. The molecule has 0 radical (unpaired) electrons. The van der Waals surface area contributed by atoms with Gasteiger partial charge in [-0.3, -0.25) is 9.59 Å². The van der Waals surface area contributed by atoms with E-state index in [4.69, 9.17) is 4.74 Å². The lowest BCUT2D eigenvalue weighted by atomic mass is 10.1. The van der Waals surface area contributed by atoms with Gasteiger partial charge < -0.3 is 19.4 Å². The summed E-state index contributed by atoms with van der Waals surface area (Å²) in [6, 6.07) is 0. The Morgan fingerprint density at radius 3 is 2.33 bits per heavy atom. The number of hydrogen-bond acceptors (Lipinski definition) is 4. The smallest absolute Gasteiger partial charge is 0.409 e. The minimum Gasteiger partial charge on any atom is -0.450 e. The second-order valence-corrected chi connectivity index (χ2v) is 5.34. The topological polar surface area (TPSA) is 70.2 Å². The molecule has 0 bridgehead atoms. The molecule has 3 amide bonds. The van der Waals surface area contributed by atoms with Gasteiger partial charge in [-0.05, 0) is 19.8 Å². The Balaban J connectivity index is 1.77. The lowest BCUT2D eigenvalue weighted by molar-refractivity contribution is -0.142. The molecule has 2 rings (SSSR count). The number of amides is 3. The number of piperidine rings is 1. The zero-order valence-electron chi connectivity index (χ0n) is 12.5. The molecule has 0 atom stereocenters. The quantitative estimate of drug-likeness (QED) is 0.751. The highest BCUT2D eigenvalue weighted by atomic mass is 16.6. The summed E-state index contributed by atoms with van der Waals surface area (Å²) in [6.45, 7) is 4.93. The zero-order valence-corrected chi connectivity index (χ0v) is 12.5. The van der Waals surface area contributed by atoms with E-state index < -0.39 is 0 Å². The van der Waals surface area contributed by atoms with Gasteiger partial charge in [0.25, 0.3) is 0 Å². The molecule has 0 aromatic heterocycles. The predicted octanol–water partition coefficient (Wildman–Crippen LogP) is 0.300. The molecule has 118 valence electrons. The SMILES string of the molecule is CCOC(=O)N1CCN(C(=O)CN2CCCCC2=O)CC1. The normalized spacial score (nSPS) is 19.7. The highest BCUT2D eigenvalue weighted by Gasteiger charge is 2.27. The van der Waals surface area contributed by atoms with Gasteiger partial charge in [0.05, 0.1) is 13.2 Å². The molecule has 0 saturated carbocycles. The molecule has 2 fully saturated rings. The molecule has 2 heterocycles. The number of likely N-dealkylation sites (tertiary alicyclic amines) is 1. The maximum absolute atomic E-state index is 12.2. The van der Waals surface area contributed by atoms with Crippen LogP contribution in [0.25, 0.3) is 0 Å². The summed E-state index contributed by atoms with van der Waals surface area (Å²) < 4.78 is 4.94. The Morgan fingerprint density at radius 2 is 1.71 bits per heavy atom. The van der Waals surface area contributed by atoms with Crippen molar-refractivity contribution in [2.75, 3.05) is 45.9 Å². The number of carbonyl (C=O) groups excluding carboxylic acids is 3. The van der Waals surface area contributed by atoms with E-state index >= 15 is 0 Å². The Kier molecular flexibility index (Phi) is 5.41. The molecule has 2 aliphatic rings. The van der Waals surface area contributed by atoms with Crippen LogP contribution in [0.15, 0.2) is 0 Å². The minimum absolute atomic E-state index is 0.0336. The fraction of sp³-hybridized carbons (Fsp3) is 0.786. The number of hydrogen-bond donors (Lipinski definition) is 0. The molecule has 0 spiro atoms. The van der Waals surface area contributed by atoms with Crippen LogP contribution in [0.4, 0.5) is 4.79 Å². The van der Waals surface area contributed by atoms with Crippen molar-refractivity contribution in [2.45, 2.75) is 26.2 Å². The Hall–Kier alpha value is -1.79. The van der Waals surface area contributed by atoms with Crippen LogP contribution >= 0.6 is 0 Å². The number of ether oxygens (including phenoxy) is 1. The largest absolute Gasteiger partial charge is 0.450 e. The minimum atomic E-state index is -0.323. The van der Waals surface area contributed by atoms with E-state index in [0.717, 1.165) is 12.8 Å². The molecule has 0 aliphatic carbocycles. The molecule has 7 heteroatoms. The number of nitrogens with zero attached hydrogens (tertiary/aromatic N) is 3. The van der Waals surface area contributed by atoms with E-state index in [1.54, 1.807) is 21.6 Å². The fourth-order valence-corrected chi connectivity index (χ4v) is 2.65. The van der Waals surface area contributed by atoms with E-state index in [9.17, 15) is 14.4 Å². The Bertz CT molecular complexity index is 405. The van der Waals surface area contributed by atoms with Crippen molar-refractivity contribution < 1.29 is 19.1 Å². The van der Waals surface area contributed by atoms with Crippen molar-refractivity contribution in [3.05, 3.63) is 0 Å². The molecular formula is C14H23N3O4. The van der Waals surface area contributed by atoms with Crippen LogP contribution in [0.5, 0.6) is 0 Å². The molecule has 21 heavy (non-hydrogen) atoms. The van der Waals surface area contributed by atoms with E-state index in [1.165, 1.54) is 0 Å². The first-order valence-electron chi connectivity index (χ1n) is 7.59. The average molecular weight is 297 g/mol. The lowest BCUT2D eigenvalue weighted by Gasteiger charge is -2.35. The lowest BCUT2D eigenvalue weighted by Crippen LogP contribution is -2.53. The first-order chi connectivity index (χ1) is 10.1. The summed E-state index contributed by atoms with van der Waals surface area (Å²) in [5, 5.41) is 0. The second-order valence-electron chi connectivity index (χ2n) is 5.34. The van der Waals surface area contributed by atoms with Crippen LogP contribution < -0.4 is 0 Å². The van der Waals surface area contributed by atoms with Gasteiger partial charge >= 0.3 is 6.09 Å². The third-order valence-corrected chi connectivity index (χ3v) is 3.91. The standard InChI is InChI=1S/C14H23N3O4/c1-2-21-14(20)16-9-7-15(8-10-16)13(19)11-17-6-4-3-5-12(17)18/h2-11H2,1H3. The van der Waals surface area contributed by atoms with Gasteiger partial charge in [-0.1, -0.05) is 0 Å². The predicted molar refractivity (Wildman–Crippen MR) is 75.6 cm³/mol. The van der Waals surface area contributed by atoms with E-state index in [1.807, 2.05) is 0 Å². The molecule has 0 aromatic rings. The molecule has 0 aromatic carbocycles. The van der Waals surface area contributed by atoms with E-state index in [-0.39, 0.29) is 24.5 Å². The van der Waals surface area contributed by atoms with Crippen molar-refractivity contribution in [1.29, 1.82) is 0 Å². The third kappa shape index (κ3) is 4.09. The molecule has 2 saturated heterocycles. The molecular weight excluding hydrogens is 274 g/mol. The Labute approximate surface area is 124 Å². The molecule has 2 aliphatic heterocycles. The zero-order chi connectivity index (χ0) is 15.2. The van der Waals surface area contributed by atoms with Crippen molar-refractivity contribution in [3.8, 4) is 0 Å². The van der Waals surface area contributed by atoms with Gasteiger partial charge in [-0.25, -0.2) is 4.79 Å². The Morgan fingerprint density at radius 1 is 1.05 bits per heavy atom. The number of piperazine rings is 1. The van der Waals surface area contributed by atoms with Crippen LogP contribution in [0, 0.1) is 0 Å². The monoisotopic (exact) mass is 297 g/mol. The van der Waals surface area contributed by atoms with Crippen molar-refractivity contribution in [3.63, 3.8) is 0 Å². The molecule has 7 nitrogen and oxygen atoms in total. The fourth-order valence-electron chi connectivity index (χ4n) is 2.65. The van der Waals surface area contributed by atoms with Crippen molar-refractivity contribution in [2.24, 2.45) is 0 Å². The number of rotatable bonds is 3. The van der Waals surface area contributed by atoms with Gasteiger partial charge in [-0.2, -0.15) is 0 Å². The summed E-state index contributed by atoms with van der Waals surface area (Å²) in [5.74, 6) is 0.0357. The van der Waals surface area contributed by atoms with E-state index in [0.29, 0.717) is 45.8 Å². The summed E-state index contributed by atoms with van der Waals surface area (Å²) in [6.07, 6.45) is 2.11. The van der Waals surface area contributed by atoms with Crippen LogP contribution in [-0.2, 0) is 14.3 Å². The van der Waals surface area contributed by atoms with Crippen LogP contribution in [-0.4, -0.2) is 78.5 Å². The third-order valence-electron chi connectivity index (χ3n) is 3.91. The molecule has 0 N–H and O–H groups in total. The first kappa shape index (κ1) is 15.6. The van der Waals surface area contributed by atoms with Crippen LogP contribution in [0.2, 0.25) is 0 Å². The van der Waals surface area contributed by atoms with Crippen molar-refractivity contribution in [1.82, 2.24) is 14.7 Å². The summed E-state index contributed by atoms with van der Waals surface area (Å²) in [4.78, 5) is 40.5. The van der Waals surface area contributed by atoms with Gasteiger partial charge in [0.2, 0.25) is 11.8 Å². The van der Waals surface area contributed by atoms with Crippen molar-refractivity contribution >= 4 is 17.9 Å². The second kappa shape index (κ2) is 7.28. The van der Waals surface area contributed by atoms with Gasteiger partial charge in [0.1, 0.15) is 0 Å².